The van der Waals surface area contributed by atoms with Crippen LogP contribution in [-0.2, 0) is 6.61 Å². The highest BCUT2D eigenvalue weighted by Gasteiger charge is 2.24. The number of furan rings is 1. The van der Waals surface area contributed by atoms with Gasteiger partial charge in [0, 0.05) is 38.6 Å². The summed E-state index contributed by atoms with van der Waals surface area (Å²) in [7, 11) is 0. The molecule has 12 aromatic rings. The zero-order valence-electron chi connectivity index (χ0n) is 33.9. The summed E-state index contributed by atoms with van der Waals surface area (Å²) in [5.74, 6) is 2.74. The van der Waals surface area contributed by atoms with E-state index in [0.717, 1.165) is 93.9 Å². The quantitative estimate of drug-likeness (QED) is 0.162. The molecule has 10 aromatic carbocycles. The standard InChI is InChI=1S/C58H35N3O2/c1-2-14-37(15-3-1)56-59-57(39-28-27-36-26-25-35-13-4-6-17-42(35)48(36)30-39)61-58(60-56)41-29-38-16-5-7-18-43(38)49(32-41)50-31-40(33-54-55(50)47-20-9-11-24-53(47)63-54)44-21-12-22-45-46-19-8-10-23-52(46)62-34-51(44)45/h1-33H,34H2. The minimum Gasteiger partial charge on any atom is -0.488 e. The molecule has 2 aromatic heterocycles. The third-order valence-corrected chi connectivity index (χ3v) is 12.6. The Morgan fingerprint density at radius 3 is 1.84 bits per heavy atom. The molecule has 0 radical (unpaired) electrons. The van der Waals surface area contributed by atoms with Crippen molar-refractivity contribution in [3.8, 4) is 73.3 Å². The van der Waals surface area contributed by atoms with Crippen molar-refractivity contribution in [2.45, 2.75) is 6.61 Å². The summed E-state index contributed by atoms with van der Waals surface area (Å²) in [6.45, 7) is 0.479. The van der Waals surface area contributed by atoms with E-state index in [-0.39, 0.29) is 0 Å². The van der Waals surface area contributed by atoms with Crippen molar-refractivity contribution in [2.75, 3.05) is 0 Å². The lowest BCUT2D eigenvalue weighted by Crippen LogP contribution is -2.07. The van der Waals surface area contributed by atoms with Crippen LogP contribution in [0.15, 0.2) is 205 Å². The monoisotopic (exact) mass is 805 g/mol. The van der Waals surface area contributed by atoms with Crippen molar-refractivity contribution >= 4 is 54.3 Å². The van der Waals surface area contributed by atoms with Crippen LogP contribution >= 0.6 is 0 Å². The highest BCUT2D eigenvalue weighted by Crippen LogP contribution is 2.46. The SMILES string of the molecule is c1ccc(-c2nc(-c3cc(-c4cc(-c5cccc6c5COc5ccccc5-6)cc5oc6ccccc6c45)c4ccccc4c3)nc(-c3ccc4ccc5ccccc5c4c3)n2)cc1. The lowest BCUT2D eigenvalue weighted by atomic mass is 9.87. The second-order valence-corrected chi connectivity index (χ2v) is 16.3. The molecule has 5 heteroatoms. The van der Waals surface area contributed by atoms with Crippen molar-refractivity contribution < 1.29 is 9.15 Å². The first-order chi connectivity index (χ1) is 31.2. The van der Waals surface area contributed by atoms with Crippen LogP contribution in [0.3, 0.4) is 0 Å². The highest BCUT2D eigenvalue weighted by atomic mass is 16.5. The second kappa shape index (κ2) is 14.1. The number of para-hydroxylation sites is 2. The normalized spacial score (nSPS) is 12.2. The first-order valence-corrected chi connectivity index (χ1v) is 21.3. The molecule has 63 heavy (non-hydrogen) atoms. The Morgan fingerprint density at radius 2 is 0.968 bits per heavy atom. The predicted octanol–water partition coefficient (Wildman–Crippen LogP) is 15.1. The summed E-state index contributed by atoms with van der Waals surface area (Å²) in [6.07, 6.45) is 0. The molecule has 1 aliphatic rings. The summed E-state index contributed by atoms with van der Waals surface area (Å²) in [5.41, 5.74) is 12.2. The third-order valence-electron chi connectivity index (χ3n) is 12.6. The molecule has 0 atom stereocenters. The Labute approximate surface area is 362 Å². The lowest BCUT2D eigenvalue weighted by molar-refractivity contribution is 0.303. The molecule has 0 fully saturated rings. The molecular formula is C58H35N3O2. The van der Waals surface area contributed by atoms with Crippen LogP contribution in [0.1, 0.15) is 5.56 Å². The van der Waals surface area contributed by atoms with E-state index in [1.807, 2.05) is 36.4 Å². The van der Waals surface area contributed by atoms with Gasteiger partial charge in [0.25, 0.3) is 0 Å². The molecule has 0 N–H and O–H groups in total. The van der Waals surface area contributed by atoms with Crippen LogP contribution in [0.25, 0.3) is 122 Å². The maximum Gasteiger partial charge on any atom is 0.164 e. The molecule has 0 bridgehead atoms. The maximum atomic E-state index is 6.73. The Morgan fingerprint density at radius 1 is 0.333 bits per heavy atom. The fourth-order valence-electron chi connectivity index (χ4n) is 9.61. The van der Waals surface area contributed by atoms with Gasteiger partial charge < -0.3 is 9.15 Å². The minimum absolute atomic E-state index is 0.479. The van der Waals surface area contributed by atoms with E-state index >= 15 is 0 Å². The van der Waals surface area contributed by atoms with Crippen molar-refractivity contribution in [3.63, 3.8) is 0 Å². The van der Waals surface area contributed by atoms with Crippen LogP contribution in [0.4, 0.5) is 0 Å². The van der Waals surface area contributed by atoms with Crippen LogP contribution < -0.4 is 4.74 Å². The first-order valence-electron chi connectivity index (χ1n) is 21.3. The fraction of sp³-hybridized carbons (Fsp3) is 0.0172. The molecule has 5 nitrogen and oxygen atoms in total. The van der Waals surface area contributed by atoms with Gasteiger partial charge in [-0.3, -0.25) is 0 Å². The molecule has 0 saturated heterocycles. The van der Waals surface area contributed by atoms with Crippen LogP contribution in [0, 0.1) is 0 Å². The molecule has 13 rings (SSSR count). The number of nitrogens with zero attached hydrogens (tertiary/aromatic N) is 3. The Balaban J connectivity index is 1.06. The van der Waals surface area contributed by atoms with Gasteiger partial charge in [0.05, 0.1) is 0 Å². The smallest absolute Gasteiger partial charge is 0.164 e. The fourth-order valence-corrected chi connectivity index (χ4v) is 9.61. The van der Waals surface area contributed by atoms with E-state index < -0.39 is 0 Å². The largest absolute Gasteiger partial charge is 0.488 e. The van der Waals surface area contributed by atoms with Crippen LogP contribution in [-0.4, -0.2) is 15.0 Å². The van der Waals surface area contributed by atoms with Gasteiger partial charge in [-0.25, -0.2) is 15.0 Å². The van der Waals surface area contributed by atoms with E-state index in [2.05, 4.69) is 164 Å². The van der Waals surface area contributed by atoms with Crippen molar-refractivity contribution in [1.29, 1.82) is 0 Å². The molecule has 294 valence electrons. The van der Waals surface area contributed by atoms with Gasteiger partial charge in [-0.05, 0) is 103 Å². The van der Waals surface area contributed by atoms with E-state index in [0.29, 0.717) is 24.1 Å². The van der Waals surface area contributed by atoms with Gasteiger partial charge in [-0.2, -0.15) is 0 Å². The van der Waals surface area contributed by atoms with Gasteiger partial charge in [0.2, 0.25) is 0 Å². The number of hydrogen-bond acceptors (Lipinski definition) is 5. The van der Waals surface area contributed by atoms with Crippen molar-refractivity contribution in [1.82, 2.24) is 15.0 Å². The van der Waals surface area contributed by atoms with E-state index in [1.54, 1.807) is 0 Å². The summed E-state index contributed by atoms with van der Waals surface area (Å²) in [5, 5.41) is 9.05. The average Bonchev–Trinajstić information content (AvgIpc) is 3.74. The number of aromatic nitrogens is 3. The summed E-state index contributed by atoms with van der Waals surface area (Å²) in [4.78, 5) is 15.7. The number of fused-ring (bicyclic) bond motifs is 10. The van der Waals surface area contributed by atoms with Crippen molar-refractivity contribution in [2.24, 2.45) is 0 Å². The highest BCUT2D eigenvalue weighted by molar-refractivity contribution is 6.17. The molecule has 0 saturated carbocycles. The number of benzene rings is 10. The number of hydrogen-bond donors (Lipinski definition) is 0. The molecule has 3 heterocycles. The average molecular weight is 806 g/mol. The first kappa shape index (κ1) is 35.4. The zero-order valence-corrected chi connectivity index (χ0v) is 33.9. The van der Waals surface area contributed by atoms with Gasteiger partial charge in [0.1, 0.15) is 23.5 Å². The molecule has 0 aliphatic carbocycles. The molecule has 0 amide bonds. The van der Waals surface area contributed by atoms with Gasteiger partial charge in [-0.1, -0.05) is 158 Å². The Hall–Kier alpha value is -8.41. The maximum absolute atomic E-state index is 6.73. The van der Waals surface area contributed by atoms with Crippen LogP contribution in [0.2, 0.25) is 0 Å². The topological polar surface area (TPSA) is 61.0 Å². The van der Waals surface area contributed by atoms with Crippen molar-refractivity contribution in [3.05, 3.63) is 206 Å². The summed E-state index contributed by atoms with van der Waals surface area (Å²) >= 11 is 0. The number of rotatable bonds is 5. The minimum atomic E-state index is 0.479. The molecular weight excluding hydrogens is 771 g/mol. The third kappa shape index (κ3) is 5.82. The Kier molecular flexibility index (Phi) is 7.90. The number of ether oxygens (including phenoxy) is 1. The predicted molar refractivity (Wildman–Crippen MR) is 257 cm³/mol. The van der Waals surface area contributed by atoms with Gasteiger partial charge >= 0.3 is 0 Å². The van der Waals surface area contributed by atoms with Gasteiger partial charge in [0.15, 0.2) is 17.5 Å². The van der Waals surface area contributed by atoms with E-state index in [4.69, 9.17) is 24.1 Å². The second-order valence-electron chi connectivity index (χ2n) is 16.3. The Bertz CT molecular complexity index is 3810. The summed E-state index contributed by atoms with van der Waals surface area (Å²) in [6, 6.07) is 70.3. The van der Waals surface area contributed by atoms with E-state index in [1.165, 1.54) is 21.7 Å². The molecule has 0 spiro atoms. The molecule has 0 unspecified atom stereocenters. The zero-order chi connectivity index (χ0) is 41.4. The van der Waals surface area contributed by atoms with E-state index in [9.17, 15) is 0 Å². The van der Waals surface area contributed by atoms with Gasteiger partial charge in [-0.15, -0.1) is 0 Å². The summed E-state index contributed by atoms with van der Waals surface area (Å²) < 4.78 is 13.1. The van der Waals surface area contributed by atoms with Crippen LogP contribution in [0.5, 0.6) is 5.75 Å². The lowest BCUT2D eigenvalue weighted by Gasteiger charge is -2.23. The molecule has 1 aliphatic heterocycles.